The molecule has 0 spiro atoms. The van der Waals surface area contributed by atoms with Crippen LogP contribution in [-0.4, -0.2) is 64.0 Å². The minimum atomic E-state index is 0. The smallest absolute Gasteiger partial charge is 0.193 e. The number of ether oxygens (including phenoxy) is 2. The van der Waals surface area contributed by atoms with E-state index >= 15 is 0 Å². The number of guanidine groups is 1. The minimum absolute atomic E-state index is 0. The molecule has 28 heavy (non-hydrogen) atoms. The second-order valence-corrected chi connectivity index (χ2v) is 8.06. The van der Waals surface area contributed by atoms with Crippen molar-refractivity contribution in [3.05, 3.63) is 34.9 Å². The van der Waals surface area contributed by atoms with Gasteiger partial charge >= 0.3 is 0 Å². The van der Waals surface area contributed by atoms with Gasteiger partial charge in [0, 0.05) is 43.1 Å². The molecule has 2 aliphatic rings. The molecule has 1 aromatic carbocycles. The first-order valence-electron chi connectivity index (χ1n) is 10.0. The maximum absolute atomic E-state index is 6.04. The molecule has 1 aliphatic carbocycles. The number of aliphatic imine (C=N–C) groups is 1. The van der Waals surface area contributed by atoms with Crippen molar-refractivity contribution in [2.45, 2.75) is 31.6 Å². The van der Waals surface area contributed by atoms with E-state index in [1.807, 2.05) is 12.1 Å². The van der Waals surface area contributed by atoms with Crippen LogP contribution in [-0.2, 0) is 14.9 Å². The van der Waals surface area contributed by atoms with Crippen LogP contribution in [0.2, 0.25) is 5.02 Å². The average Bonchev–Trinajstić information content (AvgIpc) is 3.32. The molecule has 5 nitrogen and oxygen atoms in total. The first kappa shape index (κ1) is 23.7. The molecule has 2 fully saturated rings. The summed E-state index contributed by atoms with van der Waals surface area (Å²) >= 11 is 6.04. The van der Waals surface area contributed by atoms with Crippen LogP contribution in [0.15, 0.2) is 29.3 Å². The SMILES string of the molecule is CCNC(=NCC1(c2ccc(Cl)cc2)CC1)N1CCC(COCCOC)C1.I. The van der Waals surface area contributed by atoms with Gasteiger partial charge in [-0.3, -0.25) is 4.99 Å². The predicted molar refractivity (Wildman–Crippen MR) is 126 cm³/mol. The summed E-state index contributed by atoms with van der Waals surface area (Å²) in [6, 6.07) is 8.28. The monoisotopic (exact) mass is 521 g/mol. The van der Waals surface area contributed by atoms with Gasteiger partial charge < -0.3 is 19.7 Å². The highest BCUT2D eigenvalue weighted by atomic mass is 127. The first-order valence-corrected chi connectivity index (χ1v) is 10.4. The summed E-state index contributed by atoms with van der Waals surface area (Å²) in [5.74, 6) is 1.61. The number of nitrogens with one attached hydrogen (secondary N) is 1. The summed E-state index contributed by atoms with van der Waals surface area (Å²) < 4.78 is 10.8. The summed E-state index contributed by atoms with van der Waals surface area (Å²) in [6.07, 6.45) is 3.56. The van der Waals surface area contributed by atoms with Crippen molar-refractivity contribution in [2.24, 2.45) is 10.9 Å². The van der Waals surface area contributed by atoms with E-state index in [9.17, 15) is 0 Å². The third kappa shape index (κ3) is 6.47. The predicted octanol–water partition coefficient (Wildman–Crippen LogP) is 3.94. The van der Waals surface area contributed by atoms with E-state index in [-0.39, 0.29) is 29.4 Å². The van der Waals surface area contributed by atoms with E-state index in [0.717, 1.165) is 50.2 Å². The summed E-state index contributed by atoms with van der Waals surface area (Å²) in [4.78, 5) is 7.39. The van der Waals surface area contributed by atoms with Gasteiger partial charge in [0.15, 0.2) is 5.96 Å². The van der Waals surface area contributed by atoms with E-state index in [0.29, 0.717) is 19.1 Å². The van der Waals surface area contributed by atoms with Crippen LogP contribution in [0.3, 0.4) is 0 Å². The molecule has 3 rings (SSSR count). The van der Waals surface area contributed by atoms with Gasteiger partial charge in [-0.15, -0.1) is 24.0 Å². The van der Waals surface area contributed by atoms with Crippen LogP contribution in [0.5, 0.6) is 0 Å². The van der Waals surface area contributed by atoms with Crippen LogP contribution in [0.4, 0.5) is 0 Å². The zero-order chi connectivity index (χ0) is 19.1. The fourth-order valence-corrected chi connectivity index (χ4v) is 3.82. The van der Waals surface area contributed by atoms with Gasteiger partial charge in [-0.1, -0.05) is 23.7 Å². The van der Waals surface area contributed by atoms with Crippen LogP contribution in [0.1, 0.15) is 31.7 Å². The fraction of sp³-hybridized carbons (Fsp3) is 0.667. The molecule has 1 unspecified atom stereocenters. The molecule has 1 aromatic rings. The molecule has 1 heterocycles. The number of hydrogen-bond donors (Lipinski definition) is 1. The Morgan fingerprint density at radius 3 is 2.68 bits per heavy atom. The molecule has 1 atom stereocenters. The minimum Gasteiger partial charge on any atom is -0.382 e. The fourth-order valence-electron chi connectivity index (χ4n) is 3.70. The second kappa shape index (κ2) is 11.6. The topological polar surface area (TPSA) is 46.1 Å². The molecule has 158 valence electrons. The summed E-state index contributed by atoms with van der Waals surface area (Å²) in [5.41, 5.74) is 1.56. The molecular weight excluding hydrogens is 489 g/mol. The third-order valence-corrected chi connectivity index (χ3v) is 5.80. The third-order valence-electron chi connectivity index (χ3n) is 5.55. The normalized spacial score (nSPS) is 20.8. The van der Waals surface area contributed by atoms with Crippen molar-refractivity contribution in [1.82, 2.24) is 10.2 Å². The molecule has 7 heteroatoms. The lowest BCUT2D eigenvalue weighted by Crippen LogP contribution is -2.40. The second-order valence-electron chi connectivity index (χ2n) is 7.63. The first-order chi connectivity index (χ1) is 13.2. The Labute approximate surface area is 191 Å². The Morgan fingerprint density at radius 2 is 2.04 bits per heavy atom. The van der Waals surface area contributed by atoms with Gasteiger partial charge in [-0.05, 0) is 43.9 Å². The van der Waals surface area contributed by atoms with E-state index in [1.54, 1.807) is 7.11 Å². The van der Waals surface area contributed by atoms with E-state index < -0.39 is 0 Å². The molecule has 0 bridgehead atoms. The number of benzene rings is 1. The zero-order valence-corrected chi connectivity index (χ0v) is 20.0. The number of halogens is 2. The molecule has 0 aromatic heterocycles. The molecule has 1 aliphatic heterocycles. The number of hydrogen-bond acceptors (Lipinski definition) is 3. The van der Waals surface area contributed by atoms with Crippen LogP contribution < -0.4 is 5.32 Å². The summed E-state index contributed by atoms with van der Waals surface area (Å²) in [6.45, 7) is 8.03. The van der Waals surface area contributed by atoms with Crippen LogP contribution in [0.25, 0.3) is 0 Å². The van der Waals surface area contributed by atoms with Gasteiger partial charge in [0.05, 0.1) is 26.4 Å². The average molecular weight is 522 g/mol. The molecule has 1 N–H and O–H groups in total. The molecule has 1 saturated carbocycles. The number of methoxy groups -OCH3 is 1. The van der Waals surface area contributed by atoms with Crippen molar-refractivity contribution < 1.29 is 9.47 Å². The molecule has 0 amide bonds. The highest BCUT2D eigenvalue weighted by Crippen LogP contribution is 2.48. The van der Waals surface area contributed by atoms with Gasteiger partial charge in [0.25, 0.3) is 0 Å². The maximum atomic E-state index is 6.04. The Hall–Kier alpha value is -0.570. The number of likely N-dealkylation sites (tertiary alicyclic amines) is 1. The van der Waals surface area contributed by atoms with Crippen LogP contribution in [0, 0.1) is 5.92 Å². The number of rotatable bonds is 9. The van der Waals surface area contributed by atoms with Crippen molar-refractivity contribution in [3.63, 3.8) is 0 Å². The Morgan fingerprint density at radius 1 is 1.29 bits per heavy atom. The van der Waals surface area contributed by atoms with Crippen LogP contribution >= 0.6 is 35.6 Å². The largest absolute Gasteiger partial charge is 0.382 e. The van der Waals surface area contributed by atoms with Crippen molar-refractivity contribution in [1.29, 1.82) is 0 Å². The zero-order valence-electron chi connectivity index (χ0n) is 17.0. The van der Waals surface area contributed by atoms with Gasteiger partial charge in [0.1, 0.15) is 0 Å². The molecule has 1 saturated heterocycles. The number of nitrogens with zero attached hydrogens (tertiary/aromatic N) is 2. The summed E-state index contributed by atoms with van der Waals surface area (Å²) in [7, 11) is 1.70. The molecular formula is C21H33ClIN3O2. The highest BCUT2D eigenvalue weighted by molar-refractivity contribution is 14.0. The summed E-state index contributed by atoms with van der Waals surface area (Å²) in [5, 5.41) is 4.27. The lowest BCUT2D eigenvalue weighted by Gasteiger charge is -2.23. The van der Waals surface area contributed by atoms with Gasteiger partial charge in [-0.2, -0.15) is 0 Å². The lowest BCUT2D eigenvalue weighted by molar-refractivity contribution is 0.0536. The standard InChI is InChI=1S/C21H32ClN3O2.HI/c1-3-23-20(25-11-8-17(14-25)15-27-13-12-26-2)24-16-21(9-10-21)18-4-6-19(22)7-5-18;/h4-7,17H,3,8-16H2,1-2H3,(H,23,24);1H. The van der Waals surface area contributed by atoms with Crippen molar-refractivity contribution in [2.75, 3.05) is 53.1 Å². The molecule has 0 radical (unpaired) electrons. The Kier molecular flexibility index (Phi) is 9.80. The quantitative estimate of drug-likeness (QED) is 0.231. The van der Waals surface area contributed by atoms with E-state index in [4.69, 9.17) is 26.1 Å². The lowest BCUT2D eigenvalue weighted by atomic mass is 9.96. The van der Waals surface area contributed by atoms with Crippen molar-refractivity contribution in [3.8, 4) is 0 Å². The van der Waals surface area contributed by atoms with E-state index in [2.05, 4.69) is 29.3 Å². The van der Waals surface area contributed by atoms with Crippen molar-refractivity contribution >= 4 is 41.5 Å². The van der Waals surface area contributed by atoms with E-state index in [1.165, 1.54) is 18.4 Å². The Balaban J connectivity index is 0.00000280. The van der Waals surface area contributed by atoms with Gasteiger partial charge in [0.2, 0.25) is 0 Å². The highest BCUT2D eigenvalue weighted by Gasteiger charge is 2.44. The maximum Gasteiger partial charge on any atom is 0.193 e. The van der Waals surface area contributed by atoms with Gasteiger partial charge in [-0.25, -0.2) is 0 Å². The Bertz CT molecular complexity index is 623.